The molecule has 1 aliphatic heterocycles. The lowest BCUT2D eigenvalue weighted by Gasteiger charge is -2.22. The highest BCUT2D eigenvalue weighted by atomic mass is 15.3. The zero-order valence-electron chi connectivity index (χ0n) is 8.74. The predicted octanol–water partition coefficient (Wildman–Crippen LogP) is 0.840. The maximum absolute atomic E-state index is 4.17. The molecule has 0 saturated carbocycles. The Bertz CT molecular complexity index is 275. The molecule has 0 aromatic carbocycles. The molecule has 0 bridgehead atoms. The van der Waals surface area contributed by atoms with E-state index in [1.165, 1.54) is 19.4 Å². The van der Waals surface area contributed by atoms with Crippen molar-refractivity contribution in [1.29, 1.82) is 0 Å². The summed E-state index contributed by atoms with van der Waals surface area (Å²) in [5.41, 5.74) is 0. The van der Waals surface area contributed by atoms with Crippen molar-refractivity contribution in [2.24, 2.45) is 5.92 Å². The van der Waals surface area contributed by atoms with E-state index in [0.717, 1.165) is 31.3 Å². The van der Waals surface area contributed by atoms with Gasteiger partial charge in [-0.3, -0.25) is 0 Å². The molecular weight excluding hydrogens is 176 g/mol. The first-order valence-corrected chi connectivity index (χ1v) is 5.47. The molecule has 2 rings (SSSR count). The Morgan fingerprint density at radius 3 is 3.29 bits per heavy atom. The zero-order valence-corrected chi connectivity index (χ0v) is 8.74. The molecule has 1 N–H and O–H groups in total. The van der Waals surface area contributed by atoms with Gasteiger partial charge in [-0.25, -0.2) is 0 Å². The van der Waals surface area contributed by atoms with Crippen LogP contribution in [0.1, 0.15) is 25.6 Å². The summed E-state index contributed by atoms with van der Waals surface area (Å²) in [7, 11) is 0. The van der Waals surface area contributed by atoms with Gasteiger partial charge in [0, 0.05) is 13.0 Å². The summed E-state index contributed by atoms with van der Waals surface area (Å²) in [5, 5.41) is 11.5. The van der Waals surface area contributed by atoms with Gasteiger partial charge >= 0.3 is 0 Å². The highest BCUT2D eigenvalue weighted by molar-refractivity contribution is 4.89. The van der Waals surface area contributed by atoms with E-state index in [2.05, 4.69) is 27.0 Å². The van der Waals surface area contributed by atoms with Crippen LogP contribution in [-0.2, 0) is 13.0 Å². The summed E-state index contributed by atoms with van der Waals surface area (Å²) in [6, 6.07) is 0. The van der Waals surface area contributed by atoms with Gasteiger partial charge in [-0.15, -0.1) is 10.2 Å². The van der Waals surface area contributed by atoms with Crippen molar-refractivity contribution in [1.82, 2.24) is 20.1 Å². The van der Waals surface area contributed by atoms with Crippen LogP contribution in [-0.4, -0.2) is 27.9 Å². The Morgan fingerprint density at radius 1 is 1.64 bits per heavy atom. The molecule has 1 atom stereocenters. The lowest BCUT2D eigenvalue weighted by molar-refractivity contribution is 0.366. The quantitative estimate of drug-likeness (QED) is 0.775. The molecule has 0 unspecified atom stereocenters. The fourth-order valence-corrected chi connectivity index (χ4v) is 2.06. The van der Waals surface area contributed by atoms with Crippen LogP contribution in [0.2, 0.25) is 0 Å². The van der Waals surface area contributed by atoms with Gasteiger partial charge in [0.2, 0.25) is 0 Å². The van der Waals surface area contributed by atoms with Gasteiger partial charge in [0.25, 0.3) is 0 Å². The number of rotatable bonds is 3. The van der Waals surface area contributed by atoms with Crippen molar-refractivity contribution < 1.29 is 0 Å². The maximum Gasteiger partial charge on any atom is 0.133 e. The number of aromatic nitrogens is 3. The SMILES string of the molecule is CCn1cnnc1C[C@H]1CCCNC1. The lowest BCUT2D eigenvalue weighted by atomic mass is 9.96. The van der Waals surface area contributed by atoms with Crippen molar-refractivity contribution in [2.45, 2.75) is 32.7 Å². The first-order chi connectivity index (χ1) is 6.90. The van der Waals surface area contributed by atoms with E-state index in [9.17, 15) is 0 Å². The highest BCUT2D eigenvalue weighted by Crippen LogP contribution is 2.14. The molecular formula is C10H18N4. The summed E-state index contributed by atoms with van der Waals surface area (Å²) >= 11 is 0. The van der Waals surface area contributed by atoms with E-state index < -0.39 is 0 Å². The van der Waals surface area contributed by atoms with Crippen LogP contribution in [0, 0.1) is 5.92 Å². The minimum Gasteiger partial charge on any atom is -0.318 e. The number of hydrogen-bond donors (Lipinski definition) is 1. The predicted molar refractivity (Wildman–Crippen MR) is 55.0 cm³/mol. The van der Waals surface area contributed by atoms with E-state index in [-0.39, 0.29) is 0 Å². The van der Waals surface area contributed by atoms with Gasteiger partial charge < -0.3 is 9.88 Å². The van der Waals surface area contributed by atoms with Crippen molar-refractivity contribution in [3.8, 4) is 0 Å². The third-order valence-corrected chi connectivity index (χ3v) is 2.91. The normalized spacial score (nSPS) is 22.5. The molecule has 0 amide bonds. The third kappa shape index (κ3) is 2.12. The number of nitrogens with one attached hydrogen (secondary N) is 1. The highest BCUT2D eigenvalue weighted by Gasteiger charge is 2.15. The summed E-state index contributed by atoms with van der Waals surface area (Å²) in [6.45, 7) is 5.42. The Kier molecular flexibility index (Phi) is 3.14. The van der Waals surface area contributed by atoms with E-state index in [1.54, 1.807) is 0 Å². The fraction of sp³-hybridized carbons (Fsp3) is 0.800. The van der Waals surface area contributed by atoms with E-state index >= 15 is 0 Å². The molecule has 4 heteroatoms. The monoisotopic (exact) mass is 194 g/mol. The van der Waals surface area contributed by atoms with Gasteiger partial charge in [0.1, 0.15) is 12.2 Å². The number of piperidine rings is 1. The molecule has 78 valence electrons. The van der Waals surface area contributed by atoms with Crippen molar-refractivity contribution in [2.75, 3.05) is 13.1 Å². The minimum absolute atomic E-state index is 0.748. The van der Waals surface area contributed by atoms with Crippen LogP contribution in [0.25, 0.3) is 0 Å². The topological polar surface area (TPSA) is 42.7 Å². The Hall–Kier alpha value is -0.900. The summed E-state index contributed by atoms with van der Waals surface area (Å²) in [4.78, 5) is 0. The third-order valence-electron chi connectivity index (χ3n) is 2.91. The molecule has 0 radical (unpaired) electrons. The van der Waals surface area contributed by atoms with Crippen molar-refractivity contribution in [3.63, 3.8) is 0 Å². The standard InChI is InChI=1S/C10H18N4/c1-2-14-8-12-13-10(14)6-9-4-3-5-11-7-9/h8-9,11H,2-7H2,1H3/t9-/m1/s1. The molecule has 4 nitrogen and oxygen atoms in total. The summed E-state index contributed by atoms with van der Waals surface area (Å²) in [6.07, 6.45) is 5.51. The molecule has 1 aromatic heterocycles. The Morgan fingerprint density at radius 2 is 2.57 bits per heavy atom. The average Bonchev–Trinajstić information content (AvgIpc) is 2.67. The Balaban J connectivity index is 1.95. The number of nitrogens with zero attached hydrogens (tertiary/aromatic N) is 3. The van der Waals surface area contributed by atoms with E-state index in [4.69, 9.17) is 0 Å². The van der Waals surface area contributed by atoms with Crippen LogP contribution in [0.4, 0.5) is 0 Å². The molecule has 2 heterocycles. The lowest BCUT2D eigenvalue weighted by Crippen LogP contribution is -2.31. The van der Waals surface area contributed by atoms with Gasteiger partial charge in [-0.2, -0.15) is 0 Å². The summed E-state index contributed by atoms with van der Waals surface area (Å²) < 4.78 is 2.13. The van der Waals surface area contributed by atoms with Crippen LogP contribution in [0.3, 0.4) is 0 Å². The maximum atomic E-state index is 4.17. The van der Waals surface area contributed by atoms with Crippen molar-refractivity contribution >= 4 is 0 Å². The van der Waals surface area contributed by atoms with Crippen LogP contribution >= 0.6 is 0 Å². The van der Waals surface area contributed by atoms with E-state index in [0.29, 0.717) is 0 Å². The molecule has 0 aliphatic carbocycles. The van der Waals surface area contributed by atoms with Crippen molar-refractivity contribution in [3.05, 3.63) is 12.2 Å². The second-order valence-electron chi connectivity index (χ2n) is 3.95. The van der Waals surface area contributed by atoms with Gasteiger partial charge in [0.15, 0.2) is 0 Å². The first-order valence-electron chi connectivity index (χ1n) is 5.47. The van der Waals surface area contributed by atoms with Crippen LogP contribution < -0.4 is 5.32 Å². The fourth-order valence-electron chi connectivity index (χ4n) is 2.06. The largest absolute Gasteiger partial charge is 0.318 e. The van der Waals surface area contributed by atoms with Crippen LogP contribution in [0.15, 0.2) is 6.33 Å². The second kappa shape index (κ2) is 4.55. The van der Waals surface area contributed by atoms with Gasteiger partial charge in [-0.05, 0) is 38.8 Å². The second-order valence-corrected chi connectivity index (χ2v) is 3.95. The van der Waals surface area contributed by atoms with Crippen LogP contribution in [0.5, 0.6) is 0 Å². The first kappa shape index (κ1) is 9.65. The zero-order chi connectivity index (χ0) is 9.80. The smallest absolute Gasteiger partial charge is 0.133 e. The molecule has 1 aliphatic rings. The molecule has 1 saturated heterocycles. The number of aryl methyl sites for hydroxylation is 1. The summed E-state index contributed by atoms with van der Waals surface area (Å²) in [5.74, 6) is 1.89. The number of hydrogen-bond acceptors (Lipinski definition) is 3. The van der Waals surface area contributed by atoms with E-state index in [1.807, 2.05) is 6.33 Å². The molecule has 0 spiro atoms. The Labute approximate surface area is 84.7 Å². The molecule has 1 fully saturated rings. The molecule has 14 heavy (non-hydrogen) atoms. The van der Waals surface area contributed by atoms with Gasteiger partial charge in [0.05, 0.1) is 0 Å². The van der Waals surface area contributed by atoms with Gasteiger partial charge in [-0.1, -0.05) is 0 Å². The molecule has 1 aromatic rings. The average molecular weight is 194 g/mol. The minimum atomic E-state index is 0.748.